The van der Waals surface area contributed by atoms with E-state index in [0.717, 1.165) is 32.7 Å². The second kappa shape index (κ2) is 5.19. The minimum absolute atomic E-state index is 0.0585. The van der Waals surface area contributed by atoms with E-state index in [9.17, 15) is 4.79 Å². The fourth-order valence-electron chi connectivity index (χ4n) is 1.61. The topological polar surface area (TPSA) is 44.4 Å². The smallest absolute Gasteiger partial charge is 0.216 e. The highest BCUT2D eigenvalue weighted by atomic mass is 16.1. The molecule has 1 saturated heterocycles. The molecule has 0 spiro atoms. The summed E-state index contributed by atoms with van der Waals surface area (Å²) in [7, 11) is 0. The van der Waals surface area contributed by atoms with Gasteiger partial charge in [-0.15, -0.1) is 0 Å². The minimum Gasteiger partial charge on any atom is -0.355 e. The molecule has 0 aromatic rings. The molecule has 1 atom stereocenters. The Morgan fingerprint density at radius 1 is 1.69 bits per heavy atom. The molecule has 0 aromatic heterocycles. The van der Waals surface area contributed by atoms with Gasteiger partial charge in [-0.2, -0.15) is 0 Å². The highest BCUT2D eigenvalue weighted by Crippen LogP contribution is 1.96. The van der Waals surface area contributed by atoms with E-state index in [0.29, 0.717) is 6.04 Å². The standard InChI is InChI=1S/C9H19N3O/c1-8-7-12(5-3-10-8)6-4-11-9(2)13/h8,10H,3-7H2,1-2H3,(H,11,13)/t8-/m1/s1. The molecule has 0 aromatic carbocycles. The minimum atomic E-state index is 0.0585. The van der Waals surface area contributed by atoms with Crippen LogP contribution in [0.5, 0.6) is 0 Å². The van der Waals surface area contributed by atoms with E-state index < -0.39 is 0 Å². The van der Waals surface area contributed by atoms with Crippen molar-refractivity contribution < 1.29 is 4.79 Å². The van der Waals surface area contributed by atoms with E-state index in [2.05, 4.69) is 22.5 Å². The largest absolute Gasteiger partial charge is 0.355 e. The Labute approximate surface area is 79.7 Å². The Kier molecular flexibility index (Phi) is 4.18. The van der Waals surface area contributed by atoms with Gasteiger partial charge in [0.25, 0.3) is 0 Å². The number of piperazine rings is 1. The molecule has 13 heavy (non-hydrogen) atoms. The molecule has 0 bridgehead atoms. The molecule has 1 heterocycles. The molecule has 1 fully saturated rings. The molecule has 0 saturated carbocycles. The maximum absolute atomic E-state index is 10.6. The Bertz CT molecular complexity index is 172. The highest BCUT2D eigenvalue weighted by molar-refractivity contribution is 5.72. The third-order valence-corrected chi connectivity index (χ3v) is 2.25. The van der Waals surface area contributed by atoms with Crippen LogP contribution in [0.1, 0.15) is 13.8 Å². The Morgan fingerprint density at radius 2 is 2.46 bits per heavy atom. The molecular weight excluding hydrogens is 166 g/mol. The maximum Gasteiger partial charge on any atom is 0.216 e. The van der Waals surface area contributed by atoms with Gasteiger partial charge in [0.05, 0.1) is 0 Å². The van der Waals surface area contributed by atoms with Crippen LogP contribution in [0.15, 0.2) is 0 Å². The first kappa shape index (κ1) is 10.5. The summed E-state index contributed by atoms with van der Waals surface area (Å²) in [5, 5.41) is 6.19. The van der Waals surface area contributed by atoms with Crippen molar-refractivity contribution in [1.29, 1.82) is 0 Å². The summed E-state index contributed by atoms with van der Waals surface area (Å²) >= 11 is 0. The lowest BCUT2D eigenvalue weighted by atomic mass is 10.2. The number of carbonyl (C=O) groups is 1. The van der Waals surface area contributed by atoms with Crippen LogP contribution in [-0.4, -0.2) is 49.6 Å². The van der Waals surface area contributed by atoms with Crippen LogP contribution < -0.4 is 10.6 Å². The summed E-state index contributed by atoms with van der Waals surface area (Å²) < 4.78 is 0. The van der Waals surface area contributed by atoms with Gasteiger partial charge in [-0.3, -0.25) is 9.69 Å². The number of amides is 1. The molecule has 4 nitrogen and oxygen atoms in total. The maximum atomic E-state index is 10.6. The van der Waals surface area contributed by atoms with Gasteiger partial charge in [-0.1, -0.05) is 0 Å². The van der Waals surface area contributed by atoms with Crippen LogP contribution in [0.4, 0.5) is 0 Å². The van der Waals surface area contributed by atoms with Gasteiger partial charge in [0.1, 0.15) is 0 Å². The van der Waals surface area contributed by atoms with Gasteiger partial charge in [-0.25, -0.2) is 0 Å². The van der Waals surface area contributed by atoms with Gasteiger partial charge in [0.2, 0.25) is 5.91 Å². The third-order valence-electron chi connectivity index (χ3n) is 2.25. The van der Waals surface area contributed by atoms with Gasteiger partial charge in [0.15, 0.2) is 0 Å². The van der Waals surface area contributed by atoms with Crippen LogP contribution in [-0.2, 0) is 4.79 Å². The van der Waals surface area contributed by atoms with E-state index in [4.69, 9.17) is 0 Å². The molecule has 76 valence electrons. The monoisotopic (exact) mass is 185 g/mol. The Balaban J connectivity index is 2.10. The zero-order valence-electron chi connectivity index (χ0n) is 8.47. The number of hydrogen-bond acceptors (Lipinski definition) is 3. The van der Waals surface area contributed by atoms with Gasteiger partial charge >= 0.3 is 0 Å². The van der Waals surface area contributed by atoms with Crippen LogP contribution in [0.3, 0.4) is 0 Å². The SMILES string of the molecule is CC(=O)NCCN1CCN[C@H](C)C1. The van der Waals surface area contributed by atoms with Crippen LogP contribution in [0, 0.1) is 0 Å². The van der Waals surface area contributed by atoms with Crippen molar-refractivity contribution in [3.05, 3.63) is 0 Å². The fraction of sp³-hybridized carbons (Fsp3) is 0.889. The van der Waals surface area contributed by atoms with Crippen LogP contribution >= 0.6 is 0 Å². The first-order valence-corrected chi connectivity index (χ1v) is 4.88. The van der Waals surface area contributed by atoms with Crippen LogP contribution in [0.2, 0.25) is 0 Å². The zero-order valence-corrected chi connectivity index (χ0v) is 8.47. The van der Waals surface area contributed by atoms with Gasteiger partial charge in [-0.05, 0) is 6.92 Å². The van der Waals surface area contributed by atoms with E-state index >= 15 is 0 Å². The van der Waals surface area contributed by atoms with Gasteiger partial charge in [0, 0.05) is 45.7 Å². The summed E-state index contributed by atoms with van der Waals surface area (Å²) in [6.07, 6.45) is 0. The molecule has 1 rings (SSSR count). The molecule has 1 aliphatic rings. The normalized spacial score (nSPS) is 24.3. The second-order valence-electron chi connectivity index (χ2n) is 3.64. The molecule has 2 N–H and O–H groups in total. The lowest BCUT2D eigenvalue weighted by molar-refractivity contribution is -0.119. The predicted octanol–water partition coefficient (Wildman–Crippen LogP) is -0.584. The third kappa shape index (κ3) is 4.24. The zero-order chi connectivity index (χ0) is 9.68. The average molecular weight is 185 g/mol. The van der Waals surface area contributed by atoms with Crippen molar-refractivity contribution in [3.63, 3.8) is 0 Å². The van der Waals surface area contributed by atoms with Crippen molar-refractivity contribution in [2.75, 3.05) is 32.7 Å². The predicted molar refractivity (Wildman–Crippen MR) is 52.6 cm³/mol. The number of rotatable bonds is 3. The first-order valence-electron chi connectivity index (χ1n) is 4.88. The first-order chi connectivity index (χ1) is 6.18. The summed E-state index contributed by atoms with van der Waals surface area (Å²) in [5.41, 5.74) is 0. The molecule has 1 aliphatic heterocycles. The van der Waals surface area contributed by atoms with Gasteiger partial charge < -0.3 is 10.6 Å². The lowest BCUT2D eigenvalue weighted by Crippen LogP contribution is -2.50. The number of carbonyl (C=O) groups excluding carboxylic acids is 1. The van der Waals surface area contributed by atoms with Crippen molar-refractivity contribution >= 4 is 5.91 Å². The Hall–Kier alpha value is -0.610. The van der Waals surface area contributed by atoms with Crippen molar-refractivity contribution in [1.82, 2.24) is 15.5 Å². The number of nitrogens with zero attached hydrogens (tertiary/aromatic N) is 1. The molecular formula is C9H19N3O. The van der Waals surface area contributed by atoms with Crippen molar-refractivity contribution in [2.24, 2.45) is 0 Å². The number of hydrogen-bond donors (Lipinski definition) is 2. The molecule has 4 heteroatoms. The van der Waals surface area contributed by atoms with Crippen molar-refractivity contribution in [3.8, 4) is 0 Å². The average Bonchev–Trinajstić information content (AvgIpc) is 2.03. The Morgan fingerprint density at radius 3 is 3.08 bits per heavy atom. The van der Waals surface area contributed by atoms with E-state index in [1.165, 1.54) is 0 Å². The fourth-order valence-corrected chi connectivity index (χ4v) is 1.61. The summed E-state index contributed by atoms with van der Waals surface area (Å²) in [5.74, 6) is 0.0585. The summed E-state index contributed by atoms with van der Waals surface area (Å²) in [6.45, 7) is 8.70. The van der Waals surface area contributed by atoms with E-state index in [-0.39, 0.29) is 5.91 Å². The quantitative estimate of drug-likeness (QED) is 0.618. The van der Waals surface area contributed by atoms with E-state index in [1.54, 1.807) is 6.92 Å². The van der Waals surface area contributed by atoms with Crippen molar-refractivity contribution in [2.45, 2.75) is 19.9 Å². The number of nitrogens with one attached hydrogen (secondary N) is 2. The van der Waals surface area contributed by atoms with Crippen LogP contribution in [0.25, 0.3) is 0 Å². The molecule has 0 unspecified atom stereocenters. The molecule has 1 amide bonds. The lowest BCUT2D eigenvalue weighted by Gasteiger charge is -2.31. The molecule has 0 radical (unpaired) electrons. The van der Waals surface area contributed by atoms with E-state index in [1.807, 2.05) is 0 Å². The summed E-state index contributed by atoms with van der Waals surface area (Å²) in [4.78, 5) is 13.0. The summed E-state index contributed by atoms with van der Waals surface area (Å²) in [6, 6.07) is 0.575. The molecule has 0 aliphatic carbocycles. The highest BCUT2D eigenvalue weighted by Gasteiger charge is 2.14. The second-order valence-corrected chi connectivity index (χ2v) is 3.64.